The molecule has 1 aromatic heterocycles. The van der Waals surface area contributed by atoms with Gasteiger partial charge in [0.25, 0.3) is 0 Å². The molecule has 2 rings (SSSR count). The Bertz CT molecular complexity index is 491. The molecule has 0 amide bonds. The summed E-state index contributed by atoms with van der Waals surface area (Å²) in [5.41, 5.74) is 2.09. The standard InChI is InChI=1S/C12H15N3O/c1-4-16-12-7-9(2)5-6-11(12)15-8-13-10(3)14-15/h5-8H,4H2,1-3H3. The van der Waals surface area contributed by atoms with E-state index in [1.54, 1.807) is 11.0 Å². The predicted molar refractivity (Wildman–Crippen MR) is 62.0 cm³/mol. The monoisotopic (exact) mass is 217 g/mol. The van der Waals surface area contributed by atoms with E-state index in [4.69, 9.17) is 4.74 Å². The summed E-state index contributed by atoms with van der Waals surface area (Å²) in [6, 6.07) is 6.04. The maximum atomic E-state index is 5.59. The maximum Gasteiger partial charge on any atom is 0.147 e. The Kier molecular flexibility index (Phi) is 2.90. The topological polar surface area (TPSA) is 39.9 Å². The molecule has 0 aliphatic rings. The Morgan fingerprint density at radius 1 is 1.31 bits per heavy atom. The molecule has 0 unspecified atom stereocenters. The number of benzene rings is 1. The summed E-state index contributed by atoms with van der Waals surface area (Å²) in [5.74, 6) is 1.59. The van der Waals surface area contributed by atoms with Crippen molar-refractivity contribution in [2.75, 3.05) is 6.61 Å². The lowest BCUT2D eigenvalue weighted by Gasteiger charge is -2.10. The predicted octanol–water partition coefficient (Wildman–Crippen LogP) is 2.28. The lowest BCUT2D eigenvalue weighted by molar-refractivity contribution is 0.338. The summed E-state index contributed by atoms with van der Waals surface area (Å²) in [6.07, 6.45) is 1.70. The first-order chi connectivity index (χ1) is 7.70. The van der Waals surface area contributed by atoms with Crippen LogP contribution >= 0.6 is 0 Å². The van der Waals surface area contributed by atoms with Crippen molar-refractivity contribution in [3.05, 3.63) is 35.9 Å². The maximum absolute atomic E-state index is 5.59. The molecule has 84 valence electrons. The van der Waals surface area contributed by atoms with Crippen LogP contribution in [0.25, 0.3) is 5.69 Å². The molecule has 2 aromatic rings. The highest BCUT2D eigenvalue weighted by Gasteiger charge is 2.07. The summed E-state index contributed by atoms with van der Waals surface area (Å²) in [7, 11) is 0. The molecule has 4 heteroatoms. The largest absolute Gasteiger partial charge is 0.492 e. The van der Waals surface area contributed by atoms with E-state index in [2.05, 4.69) is 10.1 Å². The fourth-order valence-corrected chi connectivity index (χ4v) is 1.54. The summed E-state index contributed by atoms with van der Waals surface area (Å²) < 4.78 is 7.33. The molecule has 0 radical (unpaired) electrons. The average Bonchev–Trinajstić information content (AvgIpc) is 2.65. The van der Waals surface area contributed by atoms with Crippen LogP contribution in [0, 0.1) is 13.8 Å². The number of rotatable bonds is 3. The fourth-order valence-electron chi connectivity index (χ4n) is 1.54. The van der Waals surface area contributed by atoms with Gasteiger partial charge in [-0.1, -0.05) is 6.07 Å². The van der Waals surface area contributed by atoms with E-state index in [0.29, 0.717) is 6.61 Å². The molecule has 0 aliphatic heterocycles. The Balaban J connectivity index is 2.47. The van der Waals surface area contributed by atoms with Gasteiger partial charge in [0.1, 0.15) is 23.6 Å². The number of hydrogen-bond acceptors (Lipinski definition) is 3. The molecule has 1 aromatic carbocycles. The average molecular weight is 217 g/mol. The summed E-state index contributed by atoms with van der Waals surface area (Å²) in [4.78, 5) is 4.11. The highest BCUT2D eigenvalue weighted by Crippen LogP contribution is 2.23. The van der Waals surface area contributed by atoms with Gasteiger partial charge in [0, 0.05) is 0 Å². The van der Waals surface area contributed by atoms with Crippen LogP contribution in [0.2, 0.25) is 0 Å². The van der Waals surface area contributed by atoms with E-state index >= 15 is 0 Å². The molecule has 0 fully saturated rings. The van der Waals surface area contributed by atoms with Gasteiger partial charge in [-0.05, 0) is 38.5 Å². The van der Waals surface area contributed by atoms with Crippen LogP contribution in [-0.2, 0) is 0 Å². The van der Waals surface area contributed by atoms with Crippen molar-refractivity contribution in [3.63, 3.8) is 0 Å². The quantitative estimate of drug-likeness (QED) is 0.791. The molecule has 0 saturated heterocycles. The van der Waals surface area contributed by atoms with Gasteiger partial charge >= 0.3 is 0 Å². The lowest BCUT2D eigenvalue weighted by atomic mass is 10.2. The second kappa shape index (κ2) is 4.35. The fraction of sp³-hybridized carbons (Fsp3) is 0.333. The molecule has 0 N–H and O–H groups in total. The molecule has 16 heavy (non-hydrogen) atoms. The zero-order chi connectivity index (χ0) is 11.5. The van der Waals surface area contributed by atoms with Gasteiger partial charge in [0.05, 0.1) is 6.61 Å². The minimum Gasteiger partial charge on any atom is -0.492 e. The van der Waals surface area contributed by atoms with E-state index < -0.39 is 0 Å². The molecular formula is C12H15N3O. The third-order valence-corrected chi connectivity index (χ3v) is 2.27. The number of nitrogens with zero attached hydrogens (tertiary/aromatic N) is 3. The van der Waals surface area contributed by atoms with Gasteiger partial charge in [-0.15, -0.1) is 0 Å². The molecule has 0 atom stereocenters. The summed E-state index contributed by atoms with van der Waals surface area (Å²) in [6.45, 7) is 6.52. The van der Waals surface area contributed by atoms with Crippen molar-refractivity contribution in [1.29, 1.82) is 0 Å². The van der Waals surface area contributed by atoms with Crippen molar-refractivity contribution in [3.8, 4) is 11.4 Å². The minimum absolute atomic E-state index is 0.643. The smallest absolute Gasteiger partial charge is 0.147 e. The third-order valence-electron chi connectivity index (χ3n) is 2.27. The van der Waals surface area contributed by atoms with Gasteiger partial charge in [-0.2, -0.15) is 5.10 Å². The van der Waals surface area contributed by atoms with E-state index in [-0.39, 0.29) is 0 Å². The number of aromatic nitrogens is 3. The first kappa shape index (κ1) is 10.7. The van der Waals surface area contributed by atoms with Crippen LogP contribution in [0.1, 0.15) is 18.3 Å². The SMILES string of the molecule is CCOc1cc(C)ccc1-n1cnc(C)n1. The Hall–Kier alpha value is -1.84. The minimum atomic E-state index is 0.643. The van der Waals surface area contributed by atoms with Crippen LogP contribution in [0.4, 0.5) is 0 Å². The van der Waals surface area contributed by atoms with Gasteiger partial charge < -0.3 is 4.74 Å². The van der Waals surface area contributed by atoms with Crippen molar-refractivity contribution in [2.24, 2.45) is 0 Å². The van der Waals surface area contributed by atoms with Crippen LogP contribution in [0.3, 0.4) is 0 Å². The van der Waals surface area contributed by atoms with Crippen molar-refractivity contribution >= 4 is 0 Å². The molecule has 0 spiro atoms. The Morgan fingerprint density at radius 2 is 2.12 bits per heavy atom. The summed E-state index contributed by atoms with van der Waals surface area (Å²) >= 11 is 0. The molecule has 0 saturated carbocycles. The number of aryl methyl sites for hydroxylation is 2. The second-order valence-electron chi connectivity index (χ2n) is 3.64. The number of ether oxygens (including phenoxy) is 1. The van der Waals surface area contributed by atoms with E-state index in [1.165, 1.54) is 5.56 Å². The zero-order valence-electron chi connectivity index (χ0n) is 9.77. The molecule has 0 bridgehead atoms. The first-order valence-corrected chi connectivity index (χ1v) is 5.33. The highest BCUT2D eigenvalue weighted by atomic mass is 16.5. The van der Waals surface area contributed by atoms with Crippen molar-refractivity contribution in [1.82, 2.24) is 14.8 Å². The molecule has 0 aliphatic carbocycles. The van der Waals surface area contributed by atoms with Crippen molar-refractivity contribution < 1.29 is 4.74 Å². The van der Waals surface area contributed by atoms with Crippen LogP contribution < -0.4 is 4.74 Å². The zero-order valence-corrected chi connectivity index (χ0v) is 9.77. The molecule has 4 nitrogen and oxygen atoms in total. The first-order valence-electron chi connectivity index (χ1n) is 5.33. The molecular weight excluding hydrogens is 202 g/mol. The van der Waals surface area contributed by atoms with E-state index in [1.807, 2.05) is 39.0 Å². The normalized spacial score (nSPS) is 10.4. The van der Waals surface area contributed by atoms with Gasteiger partial charge in [0.2, 0.25) is 0 Å². The highest BCUT2D eigenvalue weighted by molar-refractivity contribution is 5.47. The Morgan fingerprint density at radius 3 is 2.75 bits per heavy atom. The lowest BCUT2D eigenvalue weighted by Crippen LogP contribution is -2.01. The van der Waals surface area contributed by atoms with Crippen molar-refractivity contribution in [2.45, 2.75) is 20.8 Å². The van der Waals surface area contributed by atoms with Crippen LogP contribution in [0.15, 0.2) is 24.5 Å². The second-order valence-corrected chi connectivity index (χ2v) is 3.64. The number of hydrogen-bond donors (Lipinski definition) is 0. The van der Waals surface area contributed by atoms with Gasteiger partial charge in [0.15, 0.2) is 0 Å². The third kappa shape index (κ3) is 2.05. The van der Waals surface area contributed by atoms with Gasteiger partial charge in [-0.3, -0.25) is 0 Å². The van der Waals surface area contributed by atoms with E-state index in [9.17, 15) is 0 Å². The van der Waals surface area contributed by atoms with E-state index in [0.717, 1.165) is 17.3 Å². The van der Waals surface area contributed by atoms with Crippen LogP contribution in [-0.4, -0.2) is 21.4 Å². The van der Waals surface area contributed by atoms with Crippen LogP contribution in [0.5, 0.6) is 5.75 Å². The Labute approximate surface area is 94.9 Å². The summed E-state index contributed by atoms with van der Waals surface area (Å²) in [5, 5.41) is 4.28. The van der Waals surface area contributed by atoms with Gasteiger partial charge in [-0.25, -0.2) is 9.67 Å². The molecule has 1 heterocycles.